The van der Waals surface area contributed by atoms with Crippen LogP contribution in [-0.4, -0.2) is 40.2 Å². The van der Waals surface area contributed by atoms with Gasteiger partial charge in [0.1, 0.15) is 28.2 Å². The van der Waals surface area contributed by atoms with E-state index in [0.717, 1.165) is 49.0 Å². The zero-order valence-electron chi connectivity index (χ0n) is 19.8. The van der Waals surface area contributed by atoms with Crippen LogP contribution in [0.25, 0.3) is 0 Å². The van der Waals surface area contributed by atoms with Gasteiger partial charge in [0, 0.05) is 35.7 Å². The zero-order valence-corrected chi connectivity index (χ0v) is 20.7. The van der Waals surface area contributed by atoms with E-state index in [1.165, 1.54) is 19.2 Å². The number of carbonyl (C=O) groups is 1. The fourth-order valence-corrected chi connectivity index (χ4v) is 6.04. The number of carbonyl (C=O) groups excluding carboxylic acids is 1. The Kier molecular flexibility index (Phi) is 7.33. The predicted octanol–water partition coefficient (Wildman–Crippen LogP) is 3.57. The summed E-state index contributed by atoms with van der Waals surface area (Å²) >= 11 is 0. The van der Waals surface area contributed by atoms with E-state index in [2.05, 4.69) is 10.0 Å². The average molecular weight is 489 g/mol. The number of sulfonamides is 1. The van der Waals surface area contributed by atoms with Crippen molar-refractivity contribution in [2.45, 2.75) is 69.5 Å². The van der Waals surface area contributed by atoms with Gasteiger partial charge >= 0.3 is 0 Å². The second-order valence-corrected chi connectivity index (χ2v) is 10.5. The molecule has 0 saturated heterocycles. The zero-order chi connectivity index (χ0) is 24.3. The molecule has 9 heteroatoms. The molecule has 1 heterocycles. The van der Waals surface area contributed by atoms with Gasteiger partial charge in [-0.1, -0.05) is 12.8 Å². The Morgan fingerprint density at radius 1 is 1.15 bits per heavy atom. The van der Waals surface area contributed by atoms with Crippen LogP contribution in [0, 0.1) is 0 Å². The van der Waals surface area contributed by atoms with Crippen LogP contribution < -0.4 is 24.2 Å². The molecule has 34 heavy (non-hydrogen) atoms. The van der Waals surface area contributed by atoms with Crippen LogP contribution >= 0.6 is 0 Å². The molecule has 1 aliphatic carbocycles. The fraction of sp³-hybridized carbons (Fsp3) is 0.480. The number of hydrogen-bond acceptors (Lipinski definition) is 6. The lowest BCUT2D eigenvalue weighted by molar-refractivity contribution is 0.0950. The smallest absolute Gasteiger partial charge is 0.251 e. The van der Waals surface area contributed by atoms with Crippen molar-refractivity contribution >= 4 is 15.9 Å². The van der Waals surface area contributed by atoms with E-state index in [-0.39, 0.29) is 34.9 Å². The molecule has 1 aliphatic heterocycles. The van der Waals surface area contributed by atoms with Crippen LogP contribution in [0.2, 0.25) is 0 Å². The first-order valence-electron chi connectivity index (χ1n) is 11.7. The van der Waals surface area contributed by atoms with Gasteiger partial charge in [0.15, 0.2) is 0 Å². The lowest BCUT2D eigenvalue weighted by Gasteiger charge is -2.16. The highest BCUT2D eigenvalue weighted by Gasteiger charge is 2.27. The summed E-state index contributed by atoms with van der Waals surface area (Å²) in [5, 5.41) is 2.88. The fourth-order valence-electron chi connectivity index (χ4n) is 4.54. The van der Waals surface area contributed by atoms with E-state index in [1.54, 1.807) is 6.07 Å². The SMILES string of the molecule is CCOc1cc2c(cc1CNC(=O)c1ccc(OC)c(S(=O)(=O)NC3CCCC3)c1)OC(C)C2. The summed E-state index contributed by atoms with van der Waals surface area (Å²) in [5.74, 6) is 1.32. The Balaban J connectivity index is 1.53. The monoisotopic (exact) mass is 488 g/mol. The number of amides is 1. The Bertz CT molecular complexity index is 1160. The second kappa shape index (κ2) is 10.2. The van der Waals surface area contributed by atoms with Crippen LogP contribution in [0.15, 0.2) is 35.2 Å². The molecule has 2 aliphatic rings. The first kappa shape index (κ1) is 24.3. The van der Waals surface area contributed by atoms with Gasteiger partial charge in [0.05, 0.1) is 13.7 Å². The van der Waals surface area contributed by atoms with E-state index >= 15 is 0 Å². The van der Waals surface area contributed by atoms with Gasteiger partial charge in [-0.2, -0.15) is 0 Å². The van der Waals surface area contributed by atoms with Gasteiger partial charge in [-0.05, 0) is 57.0 Å². The minimum absolute atomic E-state index is 0.0375. The molecule has 0 aromatic heterocycles. The summed E-state index contributed by atoms with van der Waals surface area (Å²) < 4.78 is 45.7. The minimum atomic E-state index is -3.83. The minimum Gasteiger partial charge on any atom is -0.495 e. The van der Waals surface area contributed by atoms with Crippen molar-refractivity contribution in [1.29, 1.82) is 0 Å². The van der Waals surface area contributed by atoms with Crippen molar-refractivity contribution in [2.24, 2.45) is 0 Å². The third-order valence-corrected chi connectivity index (χ3v) is 7.75. The maximum absolute atomic E-state index is 13.0. The summed E-state index contributed by atoms with van der Waals surface area (Å²) in [6, 6.07) is 8.21. The van der Waals surface area contributed by atoms with Crippen molar-refractivity contribution in [3.05, 3.63) is 47.0 Å². The molecule has 0 spiro atoms. The number of nitrogens with one attached hydrogen (secondary N) is 2. The summed E-state index contributed by atoms with van der Waals surface area (Å²) in [7, 11) is -2.41. The predicted molar refractivity (Wildman–Crippen MR) is 128 cm³/mol. The van der Waals surface area contributed by atoms with Gasteiger partial charge in [-0.15, -0.1) is 0 Å². The highest BCUT2D eigenvalue weighted by molar-refractivity contribution is 7.89. The number of hydrogen-bond donors (Lipinski definition) is 2. The molecule has 1 amide bonds. The van der Waals surface area contributed by atoms with Crippen LogP contribution in [0.3, 0.4) is 0 Å². The highest BCUT2D eigenvalue weighted by Crippen LogP contribution is 2.35. The van der Waals surface area contributed by atoms with Crippen LogP contribution in [-0.2, 0) is 23.0 Å². The maximum Gasteiger partial charge on any atom is 0.251 e. The van der Waals surface area contributed by atoms with Crippen molar-refractivity contribution in [1.82, 2.24) is 10.0 Å². The Morgan fingerprint density at radius 3 is 2.62 bits per heavy atom. The quantitative estimate of drug-likeness (QED) is 0.559. The molecule has 2 N–H and O–H groups in total. The molecule has 1 atom stereocenters. The molecule has 1 unspecified atom stereocenters. The largest absolute Gasteiger partial charge is 0.495 e. The lowest BCUT2D eigenvalue weighted by Crippen LogP contribution is -2.33. The van der Waals surface area contributed by atoms with Crippen LogP contribution in [0.4, 0.5) is 0 Å². The molecule has 0 bridgehead atoms. The summed E-state index contributed by atoms with van der Waals surface area (Å²) in [5.41, 5.74) is 2.12. The molecule has 184 valence electrons. The number of fused-ring (bicyclic) bond motifs is 1. The Hall–Kier alpha value is -2.78. The third-order valence-electron chi connectivity index (χ3n) is 6.21. The Labute approximate surface area is 201 Å². The van der Waals surface area contributed by atoms with E-state index in [1.807, 2.05) is 26.0 Å². The van der Waals surface area contributed by atoms with Crippen molar-refractivity contribution in [3.63, 3.8) is 0 Å². The number of benzene rings is 2. The summed E-state index contributed by atoms with van der Waals surface area (Å²) in [6.07, 6.45) is 4.55. The highest BCUT2D eigenvalue weighted by atomic mass is 32.2. The first-order chi connectivity index (χ1) is 16.3. The second-order valence-electron chi connectivity index (χ2n) is 8.78. The van der Waals surface area contributed by atoms with E-state index in [9.17, 15) is 13.2 Å². The molecule has 1 saturated carbocycles. The van der Waals surface area contributed by atoms with Gasteiger partial charge in [0.25, 0.3) is 5.91 Å². The van der Waals surface area contributed by atoms with Crippen molar-refractivity contribution < 1.29 is 27.4 Å². The summed E-state index contributed by atoms with van der Waals surface area (Å²) in [6.45, 7) is 4.64. The van der Waals surface area contributed by atoms with Crippen LogP contribution in [0.1, 0.15) is 61.0 Å². The first-order valence-corrected chi connectivity index (χ1v) is 13.2. The molecule has 4 rings (SSSR count). The number of ether oxygens (including phenoxy) is 3. The molecule has 8 nitrogen and oxygen atoms in total. The number of rotatable bonds is 9. The van der Waals surface area contributed by atoms with E-state index in [4.69, 9.17) is 14.2 Å². The maximum atomic E-state index is 13.0. The lowest BCUT2D eigenvalue weighted by atomic mass is 10.1. The average Bonchev–Trinajstić information content (AvgIpc) is 3.44. The van der Waals surface area contributed by atoms with Gasteiger partial charge < -0.3 is 19.5 Å². The normalized spacial score (nSPS) is 17.8. The standard InChI is InChI=1S/C25H32N2O6S/c1-4-32-22-12-18-11-16(2)33-23(18)13-19(22)15-26-25(28)17-9-10-21(31-3)24(14-17)34(29,30)27-20-7-5-6-8-20/h9-10,12-14,16,20,27H,4-8,11,15H2,1-3H3,(H,26,28). The Morgan fingerprint density at radius 2 is 1.91 bits per heavy atom. The van der Waals surface area contributed by atoms with Crippen molar-refractivity contribution in [3.8, 4) is 17.2 Å². The molecular weight excluding hydrogens is 456 g/mol. The van der Waals surface area contributed by atoms with Crippen molar-refractivity contribution in [2.75, 3.05) is 13.7 Å². The summed E-state index contributed by atoms with van der Waals surface area (Å²) in [4.78, 5) is 12.9. The molecule has 0 radical (unpaired) electrons. The molecular formula is C25H32N2O6S. The topological polar surface area (TPSA) is 103 Å². The van der Waals surface area contributed by atoms with Gasteiger partial charge in [0.2, 0.25) is 10.0 Å². The molecule has 2 aromatic rings. The van der Waals surface area contributed by atoms with E-state index in [0.29, 0.717) is 12.4 Å². The number of methoxy groups -OCH3 is 1. The molecule has 2 aromatic carbocycles. The molecule has 1 fully saturated rings. The van der Waals surface area contributed by atoms with Crippen LogP contribution in [0.5, 0.6) is 17.2 Å². The van der Waals surface area contributed by atoms with Gasteiger partial charge in [-0.3, -0.25) is 4.79 Å². The van der Waals surface area contributed by atoms with Gasteiger partial charge in [-0.25, -0.2) is 13.1 Å². The van der Waals surface area contributed by atoms with E-state index < -0.39 is 15.9 Å². The third kappa shape index (κ3) is 5.31.